The van der Waals surface area contributed by atoms with Crippen LogP contribution in [0.2, 0.25) is 0 Å². The van der Waals surface area contributed by atoms with Gasteiger partial charge >= 0.3 is 5.97 Å². The number of benzene rings is 2. The average Bonchev–Trinajstić information content (AvgIpc) is 3.47. The number of carbonyl (C=O) groups excluding carboxylic acids is 1. The summed E-state index contributed by atoms with van der Waals surface area (Å²) < 4.78 is 35.6. The Hall–Kier alpha value is -3.24. The van der Waals surface area contributed by atoms with Gasteiger partial charge in [-0.3, -0.25) is 0 Å². The van der Waals surface area contributed by atoms with Gasteiger partial charge in [-0.1, -0.05) is 11.8 Å². The van der Waals surface area contributed by atoms with E-state index in [1.807, 2.05) is 13.8 Å². The third-order valence-electron chi connectivity index (χ3n) is 6.15. The van der Waals surface area contributed by atoms with E-state index in [4.69, 9.17) is 33.7 Å². The van der Waals surface area contributed by atoms with E-state index in [1.165, 1.54) is 0 Å². The van der Waals surface area contributed by atoms with Gasteiger partial charge in [0.15, 0.2) is 30.1 Å². The lowest BCUT2D eigenvalue weighted by atomic mass is 10.1. The third-order valence-corrected chi connectivity index (χ3v) is 6.15. The highest BCUT2D eigenvalue weighted by molar-refractivity contribution is 5.89. The van der Waals surface area contributed by atoms with Crippen LogP contribution in [0.3, 0.4) is 0 Å². The van der Waals surface area contributed by atoms with Crippen molar-refractivity contribution in [2.24, 2.45) is 0 Å². The van der Waals surface area contributed by atoms with Gasteiger partial charge in [0.1, 0.15) is 12.2 Å². The summed E-state index contributed by atoms with van der Waals surface area (Å²) in [7, 11) is 0. The molecule has 0 bridgehead atoms. The number of carbonyl (C=O) groups is 1. The van der Waals surface area contributed by atoms with Crippen molar-refractivity contribution in [3.8, 4) is 17.9 Å². The van der Waals surface area contributed by atoms with Gasteiger partial charge in [0, 0.05) is 11.1 Å². The van der Waals surface area contributed by atoms with E-state index in [2.05, 4.69) is 17.9 Å². The number of ether oxygens (including phenoxy) is 6. The van der Waals surface area contributed by atoms with Crippen molar-refractivity contribution < 1.29 is 33.2 Å². The molecule has 0 aliphatic carbocycles. The van der Waals surface area contributed by atoms with Crippen molar-refractivity contribution in [1.29, 1.82) is 5.26 Å². The van der Waals surface area contributed by atoms with Gasteiger partial charge in [0.05, 0.1) is 23.8 Å². The van der Waals surface area contributed by atoms with Crippen LogP contribution in [0.4, 0.5) is 0 Å². The summed E-state index contributed by atoms with van der Waals surface area (Å²) in [6, 6.07) is 16.0. The van der Waals surface area contributed by atoms with Crippen LogP contribution in [0.15, 0.2) is 48.5 Å². The normalized spacial score (nSPS) is 29.6. The molecule has 0 unspecified atom stereocenters. The molecule has 5 rings (SSSR count). The Labute approximate surface area is 210 Å². The van der Waals surface area contributed by atoms with Crippen molar-refractivity contribution in [2.45, 2.75) is 70.0 Å². The van der Waals surface area contributed by atoms with E-state index in [0.29, 0.717) is 17.7 Å². The lowest BCUT2D eigenvalue weighted by molar-refractivity contribution is -0.232. The minimum Gasteiger partial charge on any atom is -0.453 e. The first kappa shape index (κ1) is 24.5. The second-order valence-electron chi connectivity index (χ2n) is 9.82. The highest BCUT2D eigenvalue weighted by atomic mass is 16.8. The zero-order valence-corrected chi connectivity index (χ0v) is 20.5. The standard InChI is InChI=1S/C28H27NO7/c1-27(2)31-16-21(34-27)22-23(24-26(33-22)36-28(3,4)35-24)32-25(30)20-13-11-18(12-14-20)6-5-17-7-9-19(15-29)10-8-17/h7-14,21-24,26H,16H2,1-4H3/t21-,22-,23+,24-,26-/m1/s1. The van der Waals surface area contributed by atoms with E-state index in [-0.39, 0.29) is 0 Å². The van der Waals surface area contributed by atoms with Crippen molar-refractivity contribution in [3.05, 3.63) is 70.8 Å². The molecule has 0 N–H and O–H groups in total. The summed E-state index contributed by atoms with van der Waals surface area (Å²) in [6.45, 7) is 7.54. The Morgan fingerprint density at radius 1 is 0.861 bits per heavy atom. The summed E-state index contributed by atoms with van der Waals surface area (Å²) >= 11 is 0. The molecular weight excluding hydrogens is 462 g/mol. The monoisotopic (exact) mass is 489 g/mol. The van der Waals surface area contributed by atoms with E-state index >= 15 is 0 Å². The van der Waals surface area contributed by atoms with Gasteiger partial charge in [-0.2, -0.15) is 5.26 Å². The molecule has 36 heavy (non-hydrogen) atoms. The molecule has 8 heteroatoms. The van der Waals surface area contributed by atoms with Crippen molar-refractivity contribution in [2.75, 3.05) is 6.61 Å². The maximum absolute atomic E-state index is 13.1. The second kappa shape index (κ2) is 9.33. The van der Waals surface area contributed by atoms with Crippen LogP contribution in [0.5, 0.6) is 0 Å². The fourth-order valence-electron chi connectivity index (χ4n) is 4.47. The summed E-state index contributed by atoms with van der Waals surface area (Å²) in [5, 5.41) is 8.90. The van der Waals surface area contributed by atoms with Gasteiger partial charge in [0.25, 0.3) is 0 Å². The zero-order valence-electron chi connectivity index (χ0n) is 20.5. The molecule has 3 heterocycles. The van der Waals surface area contributed by atoms with Gasteiger partial charge in [-0.25, -0.2) is 4.79 Å². The van der Waals surface area contributed by atoms with Crippen molar-refractivity contribution in [3.63, 3.8) is 0 Å². The molecule has 0 aromatic heterocycles. The SMILES string of the molecule is CC1(C)O[C@H]2O[C@H]([C@H]3COC(C)(C)O3)[C@H](OC(=O)c3ccc(C#Cc4ccc(C#N)cc4)cc3)[C@H]2O1. The molecule has 0 amide bonds. The van der Waals surface area contributed by atoms with E-state index in [9.17, 15) is 4.79 Å². The van der Waals surface area contributed by atoms with Crippen LogP contribution in [0.25, 0.3) is 0 Å². The molecule has 5 atom stereocenters. The Balaban J connectivity index is 1.29. The number of hydrogen-bond donors (Lipinski definition) is 0. The van der Waals surface area contributed by atoms with Crippen LogP contribution >= 0.6 is 0 Å². The van der Waals surface area contributed by atoms with Crippen LogP contribution in [0.1, 0.15) is 54.7 Å². The molecule has 8 nitrogen and oxygen atoms in total. The Morgan fingerprint density at radius 2 is 1.47 bits per heavy atom. The van der Waals surface area contributed by atoms with Crippen LogP contribution in [-0.4, -0.2) is 54.9 Å². The maximum atomic E-state index is 13.1. The Bertz CT molecular complexity index is 1230. The Kier molecular flexibility index (Phi) is 6.34. The van der Waals surface area contributed by atoms with Crippen LogP contribution in [-0.2, 0) is 28.4 Å². The minimum atomic E-state index is -0.855. The summed E-state index contributed by atoms with van der Waals surface area (Å²) in [6.07, 6.45) is -3.02. The first-order valence-electron chi connectivity index (χ1n) is 11.8. The first-order chi connectivity index (χ1) is 17.1. The largest absolute Gasteiger partial charge is 0.453 e. The highest BCUT2D eigenvalue weighted by Gasteiger charge is 2.60. The molecule has 3 fully saturated rings. The predicted molar refractivity (Wildman–Crippen MR) is 126 cm³/mol. The number of hydrogen-bond acceptors (Lipinski definition) is 8. The van der Waals surface area contributed by atoms with E-state index in [0.717, 1.165) is 11.1 Å². The number of nitriles is 1. The maximum Gasteiger partial charge on any atom is 0.338 e. The van der Waals surface area contributed by atoms with Crippen molar-refractivity contribution in [1.82, 2.24) is 0 Å². The average molecular weight is 490 g/mol. The van der Waals surface area contributed by atoms with Crippen LogP contribution < -0.4 is 0 Å². The predicted octanol–water partition coefficient (Wildman–Crippen LogP) is 3.51. The van der Waals surface area contributed by atoms with E-state index in [1.54, 1.807) is 62.4 Å². The van der Waals surface area contributed by atoms with Gasteiger partial charge in [0.2, 0.25) is 0 Å². The topological polar surface area (TPSA) is 96.2 Å². The molecule has 0 saturated carbocycles. The highest BCUT2D eigenvalue weighted by Crippen LogP contribution is 2.42. The fourth-order valence-corrected chi connectivity index (χ4v) is 4.47. The van der Waals surface area contributed by atoms with Crippen molar-refractivity contribution >= 4 is 5.97 Å². The summed E-state index contributed by atoms with van der Waals surface area (Å²) in [5.74, 6) is 3.99. The summed E-state index contributed by atoms with van der Waals surface area (Å²) in [4.78, 5) is 13.1. The third kappa shape index (κ3) is 5.15. The molecule has 3 saturated heterocycles. The molecule has 3 aliphatic heterocycles. The smallest absolute Gasteiger partial charge is 0.338 e. The molecule has 2 aromatic carbocycles. The fraction of sp³-hybridized carbons (Fsp3) is 0.429. The van der Waals surface area contributed by atoms with Gasteiger partial charge < -0.3 is 28.4 Å². The van der Waals surface area contributed by atoms with Gasteiger partial charge in [-0.05, 0) is 76.2 Å². The second-order valence-corrected chi connectivity index (χ2v) is 9.82. The lowest BCUT2D eigenvalue weighted by Gasteiger charge is -2.28. The first-order valence-corrected chi connectivity index (χ1v) is 11.8. The molecule has 0 spiro atoms. The van der Waals surface area contributed by atoms with Gasteiger partial charge in [-0.15, -0.1) is 0 Å². The molecule has 2 aromatic rings. The molecule has 3 aliphatic rings. The molecule has 0 radical (unpaired) electrons. The number of rotatable bonds is 3. The van der Waals surface area contributed by atoms with E-state index < -0.39 is 48.2 Å². The molecular formula is C28H27NO7. The number of fused-ring (bicyclic) bond motifs is 1. The lowest BCUT2D eigenvalue weighted by Crippen LogP contribution is -2.45. The minimum absolute atomic E-state index is 0.307. The zero-order chi connectivity index (χ0) is 25.5. The summed E-state index contributed by atoms with van der Waals surface area (Å²) in [5.41, 5.74) is 2.50. The molecule has 186 valence electrons. The van der Waals surface area contributed by atoms with Crippen LogP contribution in [0, 0.1) is 23.2 Å². The quantitative estimate of drug-likeness (QED) is 0.478. The number of esters is 1. The Morgan fingerprint density at radius 3 is 2.06 bits per heavy atom. The number of nitrogens with zero attached hydrogens (tertiary/aromatic N) is 1.